The van der Waals surface area contributed by atoms with E-state index in [9.17, 15) is 4.21 Å². The van der Waals surface area contributed by atoms with Gasteiger partial charge in [-0.1, -0.05) is 18.2 Å². The van der Waals surface area contributed by atoms with Gasteiger partial charge in [0, 0.05) is 40.7 Å². The highest BCUT2D eigenvalue weighted by Crippen LogP contribution is 2.17. The van der Waals surface area contributed by atoms with E-state index in [2.05, 4.69) is 10.3 Å². The Kier molecular flexibility index (Phi) is 4.37. The highest BCUT2D eigenvalue weighted by Gasteiger charge is 2.11. The third-order valence-electron chi connectivity index (χ3n) is 2.72. The van der Waals surface area contributed by atoms with E-state index in [1.54, 1.807) is 6.26 Å². The molecule has 5 heteroatoms. The number of para-hydroxylation sites is 1. The molecule has 0 aliphatic heterocycles. The molecule has 4 nitrogen and oxygen atoms in total. The summed E-state index contributed by atoms with van der Waals surface area (Å²) in [6.45, 7) is 3.98. The zero-order chi connectivity index (χ0) is 13.8. The molecule has 2 atom stereocenters. The summed E-state index contributed by atoms with van der Waals surface area (Å²) in [5.74, 6) is 1.40. The lowest BCUT2D eigenvalue weighted by molar-refractivity contribution is 0.682. The first-order valence-corrected chi connectivity index (χ1v) is 7.97. The first kappa shape index (κ1) is 13.8. The van der Waals surface area contributed by atoms with Crippen molar-refractivity contribution in [3.63, 3.8) is 0 Å². The topological polar surface area (TPSA) is 46.9 Å². The van der Waals surface area contributed by atoms with Crippen LogP contribution >= 0.6 is 0 Å². The van der Waals surface area contributed by atoms with Gasteiger partial charge in [0.25, 0.3) is 0 Å². The van der Waals surface area contributed by atoms with Crippen molar-refractivity contribution in [3.8, 4) is 5.69 Å². The van der Waals surface area contributed by atoms with Gasteiger partial charge in [0.2, 0.25) is 5.95 Å². The fourth-order valence-corrected chi connectivity index (χ4v) is 2.79. The quantitative estimate of drug-likeness (QED) is 0.912. The predicted molar refractivity (Wildman–Crippen MR) is 80.3 cm³/mol. The van der Waals surface area contributed by atoms with Crippen LogP contribution < -0.4 is 5.32 Å². The first-order chi connectivity index (χ1) is 9.06. The van der Waals surface area contributed by atoms with Gasteiger partial charge in [0.15, 0.2) is 0 Å². The SMILES string of the molecule is Cc1cn(-c2ccccc2)c(NC(C)CS(C)=O)n1. The minimum Gasteiger partial charge on any atom is -0.352 e. The number of aryl methyl sites for hydroxylation is 1. The van der Waals surface area contributed by atoms with Crippen LogP contribution in [-0.2, 0) is 10.8 Å². The van der Waals surface area contributed by atoms with E-state index in [4.69, 9.17) is 0 Å². The molecule has 0 bridgehead atoms. The molecule has 0 saturated carbocycles. The van der Waals surface area contributed by atoms with E-state index in [1.807, 2.05) is 54.9 Å². The van der Waals surface area contributed by atoms with Crippen LogP contribution in [0, 0.1) is 6.92 Å². The summed E-state index contributed by atoms with van der Waals surface area (Å²) in [5.41, 5.74) is 2.02. The lowest BCUT2D eigenvalue weighted by atomic mass is 10.3. The molecule has 2 rings (SSSR count). The maximum Gasteiger partial charge on any atom is 0.207 e. The zero-order valence-corrected chi connectivity index (χ0v) is 12.3. The van der Waals surface area contributed by atoms with Crippen molar-refractivity contribution in [1.82, 2.24) is 9.55 Å². The molecule has 0 saturated heterocycles. The van der Waals surface area contributed by atoms with Crippen molar-refractivity contribution >= 4 is 16.7 Å². The highest BCUT2D eigenvalue weighted by molar-refractivity contribution is 7.84. The molecule has 1 N–H and O–H groups in total. The summed E-state index contributed by atoms with van der Waals surface area (Å²) in [7, 11) is -0.813. The van der Waals surface area contributed by atoms with Crippen molar-refractivity contribution in [2.75, 3.05) is 17.3 Å². The van der Waals surface area contributed by atoms with E-state index in [1.165, 1.54) is 0 Å². The van der Waals surface area contributed by atoms with Gasteiger partial charge < -0.3 is 5.32 Å². The fraction of sp³-hybridized carbons (Fsp3) is 0.357. The van der Waals surface area contributed by atoms with Gasteiger partial charge in [-0.15, -0.1) is 0 Å². The summed E-state index contributed by atoms with van der Waals surface area (Å²) in [4.78, 5) is 4.49. The van der Waals surface area contributed by atoms with Crippen LogP contribution in [0.25, 0.3) is 5.69 Å². The average Bonchev–Trinajstić information content (AvgIpc) is 2.70. The molecule has 1 aromatic heterocycles. The van der Waals surface area contributed by atoms with Gasteiger partial charge in [-0.2, -0.15) is 0 Å². The molecule has 19 heavy (non-hydrogen) atoms. The smallest absolute Gasteiger partial charge is 0.207 e. The first-order valence-electron chi connectivity index (χ1n) is 6.24. The number of imidazole rings is 1. The number of hydrogen-bond acceptors (Lipinski definition) is 3. The Morgan fingerprint density at radius 2 is 2.05 bits per heavy atom. The summed E-state index contributed by atoms with van der Waals surface area (Å²) in [5, 5.41) is 3.32. The fourth-order valence-electron chi connectivity index (χ4n) is 2.00. The zero-order valence-electron chi connectivity index (χ0n) is 11.5. The molecule has 0 spiro atoms. The predicted octanol–water partition coefficient (Wildman–Crippen LogP) is 2.36. The van der Waals surface area contributed by atoms with E-state index in [-0.39, 0.29) is 6.04 Å². The molecular formula is C14H19N3OS. The van der Waals surface area contributed by atoms with Crippen molar-refractivity contribution in [3.05, 3.63) is 42.2 Å². The Bertz CT molecular complexity index is 565. The van der Waals surface area contributed by atoms with Crippen LogP contribution in [0.15, 0.2) is 36.5 Å². The van der Waals surface area contributed by atoms with E-state index in [0.29, 0.717) is 5.75 Å². The Morgan fingerprint density at radius 1 is 1.37 bits per heavy atom. The van der Waals surface area contributed by atoms with Crippen LogP contribution in [-0.4, -0.2) is 31.8 Å². The maximum atomic E-state index is 11.2. The minimum absolute atomic E-state index is 0.120. The van der Waals surface area contributed by atoms with Crippen LogP contribution in [0.1, 0.15) is 12.6 Å². The molecule has 0 aliphatic carbocycles. The summed E-state index contributed by atoms with van der Waals surface area (Å²) in [6.07, 6.45) is 3.71. The van der Waals surface area contributed by atoms with Crippen molar-refractivity contribution in [2.45, 2.75) is 19.9 Å². The highest BCUT2D eigenvalue weighted by atomic mass is 32.2. The van der Waals surface area contributed by atoms with Crippen LogP contribution in [0.4, 0.5) is 5.95 Å². The molecule has 2 unspecified atom stereocenters. The van der Waals surface area contributed by atoms with Gasteiger partial charge in [0.1, 0.15) is 0 Å². The molecule has 2 aromatic rings. The molecule has 0 amide bonds. The molecule has 1 aromatic carbocycles. The van der Waals surface area contributed by atoms with E-state index < -0.39 is 10.8 Å². The Balaban J connectivity index is 2.24. The number of hydrogen-bond donors (Lipinski definition) is 1. The minimum atomic E-state index is -0.813. The van der Waals surface area contributed by atoms with Gasteiger partial charge >= 0.3 is 0 Å². The van der Waals surface area contributed by atoms with Gasteiger partial charge in [-0.3, -0.25) is 8.78 Å². The summed E-state index contributed by atoms with van der Waals surface area (Å²) >= 11 is 0. The third-order valence-corrected chi connectivity index (χ3v) is 3.69. The Labute approximate surface area is 116 Å². The van der Waals surface area contributed by atoms with E-state index >= 15 is 0 Å². The standard InChI is InChI=1S/C14H19N3OS/c1-11-9-17(13-7-5-4-6-8-13)14(15-11)16-12(2)10-19(3)18/h4-9,12H,10H2,1-3H3,(H,15,16). The number of rotatable bonds is 5. The molecule has 0 aliphatic rings. The van der Waals surface area contributed by atoms with Crippen LogP contribution in [0.5, 0.6) is 0 Å². The molecule has 0 radical (unpaired) electrons. The Hall–Kier alpha value is -1.62. The second-order valence-electron chi connectivity index (χ2n) is 4.70. The second-order valence-corrected chi connectivity index (χ2v) is 6.18. The van der Waals surface area contributed by atoms with Crippen molar-refractivity contribution < 1.29 is 4.21 Å². The molecule has 1 heterocycles. The molecular weight excluding hydrogens is 258 g/mol. The van der Waals surface area contributed by atoms with Crippen LogP contribution in [0.2, 0.25) is 0 Å². The maximum absolute atomic E-state index is 11.2. The number of anilines is 1. The second kappa shape index (κ2) is 6.02. The van der Waals surface area contributed by atoms with Gasteiger partial charge in [0.05, 0.1) is 5.69 Å². The van der Waals surface area contributed by atoms with E-state index in [0.717, 1.165) is 17.3 Å². The van der Waals surface area contributed by atoms with Crippen molar-refractivity contribution in [2.24, 2.45) is 0 Å². The monoisotopic (exact) mass is 277 g/mol. The summed E-state index contributed by atoms with van der Waals surface area (Å²) in [6, 6.07) is 10.2. The molecule has 102 valence electrons. The van der Waals surface area contributed by atoms with Gasteiger partial charge in [-0.05, 0) is 26.0 Å². The number of nitrogens with zero attached hydrogens (tertiary/aromatic N) is 2. The van der Waals surface area contributed by atoms with Crippen LogP contribution in [0.3, 0.4) is 0 Å². The lowest BCUT2D eigenvalue weighted by Crippen LogP contribution is -2.24. The summed E-state index contributed by atoms with van der Waals surface area (Å²) < 4.78 is 13.3. The number of nitrogens with one attached hydrogen (secondary N) is 1. The van der Waals surface area contributed by atoms with Gasteiger partial charge in [-0.25, -0.2) is 4.98 Å². The Morgan fingerprint density at radius 3 is 2.68 bits per heavy atom. The number of aromatic nitrogens is 2. The third kappa shape index (κ3) is 3.67. The molecule has 0 fully saturated rings. The number of benzene rings is 1. The largest absolute Gasteiger partial charge is 0.352 e. The van der Waals surface area contributed by atoms with Crippen molar-refractivity contribution in [1.29, 1.82) is 0 Å². The average molecular weight is 277 g/mol. The normalized spacial score (nSPS) is 14.1. The lowest BCUT2D eigenvalue weighted by Gasteiger charge is -2.14.